The Labute approximate surface area is 146 Å². The standard InChI is InChI=1S/C18H21FN4O2/c19-15-5-1-2-6-16(15)25-14-3-7-17(24)22-10-12-23(13-11-22)18-20-8-4-9-21-18/h1-2,4-6,8-9H,3,7,10-14H2. The van der Waals surface area contributed by atoms with Gasteiger partial charge in [-0.15, -0.1) is 0 Å². The van der Waals surface area contributed by atoms with E-state index in [0.717, 1.165) is 13.1 Å². The van der Waals surface area contributed by atoms with Crippen LogP contribution in [0.1, 0.15) is 12.8 Å². The van der Waals surface area contributed by atoms with Gasteiger partial charge in [0.25, 0.3) is 0 Å². The van der Waals surface area contributed by atoms with Gasteiger partial charge in [0.2, 0.25) is 11.9 Å². The van der Waals surface area contributed by atoms with Gasteiger partial charge in [0.05, 0.1) is 6.61 Å². The van der Waals surface area contributed by atoms with Gasteiger partial charge in [0, 0.05) is 45.0 Å². The molecule has 1 aliphatic heterocycles. The lowest BCUT2D eigenvalue weighted by molar-refractivity contribution is -0.131. The number of rotatable bonds is 6. The van der Waals surface area contributed by atoms with E-state index in [0.29, 0.717) is 38.5 Å². The van der Waals surface area contributed by atoms with Gasteiger partial charge in [-0.1, -0.05) is 12.1 Å². The zero-order valence-corrected chi connectivity index (χ0v) is 14.0. The Bertz CT molecular complexity index is 690. The van der Waals surface area contributed by atoms with Crippen LogP contribution in [-0.4, -0.2) is 53.6 Å². The summed E-state index contributed by atoms with van der Waals surface area (Å²) in [6.07, 6.45) is 4.40. The molecule has 0 aliphatic carbocycles. The topological polar surface area (TPSA) is 58.6 Å². The minimum Gasteiger partial charge on any atom is -0.491 e. The van der Waals surface area contributed by atoms with E-state index >= 15 is 0 Å². The normalized spacial score (nSPS) is 14.4. The van der Waals surface area contributed by atoms with Crippen molar-refractivity contribution in [2.75, 3.05) is 37.7 Å². The van der Waals surface area contributed by atoms with Gasteiger partial charge in [0.1, 0.15) is 0 Å². The zero-order valence-electron chi connectivity index (χ0n) is 14.0. The van der Waals surface area contributed by atoms with Crippen molar-refractivity contribution in [2.24, 2.45) is 0 Å². The summed E-state index contributed by atoms with van der Waals surface area (Å²) < 4.78 is 18.8. The molecular weight excluding hydrogens is 323 g/mol. The van der Waals surface area contributed by atoms with E-state index in [9.17, 15) is 9.18 Å². The summed E-state index contributed by atoms with van der Waals surface area (Å²) in [6.45, 7) is 3.09. The molecule has 6 nitrogen and oxygen atoms in total. The lowest BCUT2D eigenvalue weighted by Crippen LogP contribution is -2.49. The van der Waals surface area contributed by atoms with Crippen LogP contribution in [0.3, 0.4) is 0 Å². The van der Waals surface area contributed by atoms with Crippen LogP contribution in [-0.2, 0) is 4.79 Å². The molecule has 1 aromatic carbocycles. The van der Waals surface area contributed by atoms with Crippen LogP contribution in [0.5, 0.6) is 5.75 Å². The number of para-hydroxylation sites is 1. The minimum atomic E-state index is -0.381. The van der Waals surface area contributed by atoms with E-state index in [2.05, 4.69) is 14.9 Å². The fraction of sp³-hybridized carbons (Fsp3) is 0.389. The molecule has 1 saturated heterocycles. The molecule has 0 saturated carbocycles. The number of piperazine rings is 1. The number of anilines is 1. The second-order valence-corrected chi connectivity index (χ2v) is 5.80. The van der Waals surface area contributed by atoms with Crippen molar-refractivity contribution in [3.63, 3.8) is 0 Å². The van der Waals surface area contributed by atoms with E-state index in [1.165, 1.54) is 6.07 Å². The molecule has 0 atom stereocenters. The molecule has 7 heteroatoms. The molecule has 0 radical (unpaired) electrons. The lowest BCUT2D eigenvalue weighted by atomic mass is 10.2. The van der Waals surface area contributed by atoms with Crippen LogP contribution >= 0.6 is 0 Å². The van der Waals surface area contributed by atoms with Crippen molar-refractivity contribution in [3.8, 4) is 5.75 Å². The minimum absolute atomic E-state index is 0.103. The van der Waals surface area contributed by atoms with Crippen LogP contribution in [0.25, 0.3) is 0 Å². The Balaban J connectivity index is 1.37. The molecule has 25 heavy (non-hydrogen) atoms. The maximum Gasteiger partial charge on any atom is 0.225 e. The summed E-state index contributed by atoms with van der Waals surface area (Å²) in [5.41, 5.74) is 0. The average molecular weight is 344 g/mol. The number of halogens is 1. The highest BCUT2D eigenvalue weighted by molar-refractivity contribution is 5.76. The molecule has 2 heterocycles. The van der Waals surface area contributed by atoms with Gasteiger partial charge < -0.3 is 14.5 Å². The van der Waals surface area contributed by atoms with Crippen molar-refractivity contribution in [2.45, 2.75) is 12.8 Å². The molecule has 3 rings (SSSR count). The SMILES string of the molecule is O=C(CCCOc1ccccc1F)N1CCN(c2ncccn2)CC1. The molecule has 0 unspecified atom stereocenters. The first-order valence-electron chi connectivity index (χ1n) is 8.41. The van der Waals surface area contributed by atoms with Crippen molar-refractivity contribution < 1.29 is 13.9 Å². The fourth-order valence-corrected chi connectivity index (χ4v) is 2.74. The van der Waals surface area contributed by atoms with E-state index in [1.54, 1.807) is 36.7 Å². The molecular formula is C18H21FN4O2. The van der Waals surface area contributed by atoms with Gasteiger partial charge in [-0.3, -0.25) is 4.79 Å². The van der Waals surface area contributed by atoms with E-state index in [-0.39, 0.29) is 17.5 Å². The molecule has 0 N–H and O–H groups in total. The highest BCUT2D eigenvalue weighted by atomic mass is 19.1. The largest absolute Gasteiger partial charge is 0.491 e. The van der Waals surface area contributed by atoms with Crippen LogP contribution in [0.15, 0.2) is 42.7 Å². The number of amides is 1. The summed E-state index contributed by atoms with van der Waals surface area (Å²) in [7, 11) is 0. The van der Waals surface area contributed by atoms with Gasteiger partial charge in [-0.05, 0) is 24.6 Å². The number of aromatic nitrogens is 2. The Kier molecular flexibility index (Phi) is 5.77. The second kappa shape index (κ2) is 8.41. The van der Waals surface area contributed by atoms with Gasteiger partial charge in [-0.25, -0.2) is 14.4 Å². The second-order valence-electron chi connectivity index (χ2n) is 5.80. The third kappa shape index (κ3) is 4.65. The van der Waals surface area contributed by atoms with E-state index in [4.69, 9.17) is 4.74 Å². The highest BCUT2D eigenvalue weighted by Crippen LogP contribution is 2.16. The van der Waals surface area contributed by atoms with Gasteiger partial charge in [-0.2, -0.15) is 0 Å². The van der Waals surface area contributed by atoms with Gasteiger partial charge in [0.15, 0.2) is 11.6 Å². The van der Waals surface area contributed by atoms with Crippen molar-refractivity contribution in [3.05, 3.63) is 48.5 Å². The maximum atomic E-state index is 13.4. The number of benzene rings is 1. The van der Waals surface area contributed by atoms with Crippen LogP contribution in [0.4, 0.5) is 10.3 Å². The average Bonchev–Trinajstić information content (AvgIpc) is 2.67. The summed E-state index contributed by atoms with van der Waals surface area (Å²) in [4.78, 5) is 24.7. The van der Waals surface area contributed by atoms with Crippen molar-refractivity contribution in [1.29, 1.82) is 0 Å². The molecule has 1 fully saturated rings. The zero-order chi connectivity index (χ0) is 17.5. The highest BCUT2D eigenvalue weighted by Gasteiger charge is 2.22. The number of nitrogens with zero attached hydrogens (tertiary/aromatic N) is 4. The smallest absolute Gasteiger partial charge is 0.225 e. The summed E-state index contributed by atoms with van der Waals surface area (Å²) in [6, 6.07) is 8.07. The molecule has 2 aromatic rings. The summed E-state index contributed by atoms with van der Waals surface area (Å²) >= 11 is 0. The summed E-state index contributed by atoms with van der Waals surface area (Å²) in [5, 5.41) is 0. The molecule has 1 amide bonds. The maximum absolute atomic E-state index is 13.4. The first-order valence-corrected chi connectivity index (χ1v) is 8.41. The Morgan fingerprint density at radius 2 is 1.80 bits per heavy atom. The number of ether oxygens (including phenoxy) is 1. The quantitative estimate of drug-likeness (QED) is 0.752. The number of carbonyl (C=O) groups is 1. The molecule has 0 spiro atoms. The van der Waals surface area contributed by atoms with Crippen LogP contribution in [0, 0.1) is 5.82 Å². The first kappa shape index (κ1) is 17.1. The summed E-state index contributed by atoms with van der Waals surface area (Å²) in [5.74, 6) is 0.651. The third-order valence-electron chi connectivity index (χ3n) is 4.10. The molecule has 132 valence electrons. The Morgan fingerprint density at radius 1 is 1.08 bits per heavy atom. The predicted octanol–water partition coefficient (Wildman–Crippen LogP) is 2.12. The fourth-order valence-electron chi connectivity index (χ4n) is 2.74. The van der Waals surface area contributed by atoms with Gasteiger partial charge >= 0.3 is 0 Å². The third-order valence-corrected chi connectivity index (χ3v) is 4.10. The van der Waals surface area contributed by atoms with Crippen LogP contribution < -0.4 is 9.64 Å². The monoisotopic (exact) mass is 344 g/mol. The van der Waals surface area contributed by atoms with Crippen molar-refractivity contribution in [1.82, 2.24) is 14.9 Å². The van der Waals surface area contributed by atoms with E-state index in [1.807, 2.05) is 4.90 Å². The number of hydrogen-bond acceptors (Lipinski definition) is 5. The lowest BCUT2D eigenvalue weighted by Gasteiger charge is -2.34. The van der Waals surface area contributed by atoms with E-state index < -0.39 is 0 Å². The first-order chi connectivity index (χ1) is 12.2. The molecule has 1 aromatic heterocycles. The Hall–Kier alpha value is -2.70. The van der Waals surface area contributed by atoms with Crippen LogP contribution in [0.2, 0.25) is 0 Å². The predicted molar refractivity (Wildman–Crippen MR) is 92.0 cm³/mol. The van der Waals surface area contributed by atoms with Crippen molar-refractivity contribution >= 4 is 11.9 Å². The molecule has 1 aliphatic rings. The molecule has 0 bridgehead atoms. The number of hydrogen-bond donors (Lipinski definition) is 0. The number of carbonyl (C=O) groups excluding carboxylic acids is 1. The Morgan fingerprint density at radius 3 is 2.52 bits per heavy atom.